The molecule has 0 saturated heterocycles. The van der Waals surface area contributed by atoms with E-state index in [1.165, 1.54) is 17.3 Å². The number of nitrogens with one attached hydrogen (secondary N) is 1. The molecule has 0 spiro atoms. The highest BCUT2D eigenvalue weighted by atomic mass is 35.5. The van der Waals surface area contributed by atoms with Crippen molar-refractivity contribution in [2.45, 2.75) is 24.4 Å². The molecule has 0 fully saturated rings. The molecule has 6 nitrogen and oxygen atoms in total. The van der Waals surface area contributed by atoms with Gasteiger partial charge in [-0.15, -0.1) is 10.2 Å². The first kappa shape index (κ1) is 23.4. The van der Waals surface area contributed by atoms with E-state index in [0.717, 1.165) is 23.8 Å². The lowest BCUT2D eigenvalue weighted by Crippen LogP contribution is -2.27. The molecule has 2 aromatic carbocycles. The maximum Gasteiger partial charge on any atom is 0.230 e. The Morgan fingerprint density at radius 1 is 1.13 bits per heavy atom. The lowest BCUT2D eigenvalue weighted by atomic mass is 10.1. The number of benzene rings is 2. The highest BCUT2D eigenvalue weighted by molar-refractivity contribution is 7.99. The van der Waals surface area contributed by atoms with Gasteiger partial charge in [-0.2, -0.15) is 0 Å². The molecule has 164 valence electrons. The van der Waals surface area contributed by atoms with Crippen molar-refractivity contribution in [3.05, 3.63) is 70.0 Å². The summed E-state index contributed by atoms with van der Waals surface area (Å²) in [6.07, 6.45) is 2.28. The van der Waals surface area contributed by atoms with Crippen LogP contribution in [0.4, 0.5) is 0 Å². The number of carbonyl (C=O) groups is 1. The zero-order valence-corrected chi connectivity index (χ0v) is 19.5. The minimum absolute atomic E-state index is 0.0151. The van der Waals surface area contributed by atoms with Gasteiger partial charge < -0.3 is 14.6 Å². The third-order valence-corrected chi connectivity index (χ3v) is 6.08. The molecular formula is C22H24Cl2N4O2S. The quantitative estimate of drug-likeness (QED) is 0.322. The number of rotatable bonds is 11. The first-order valence-corrected chi connectivity index (χ1v) is 11.7. The molecule has 3 rings (SSSR count). The Balaban J connectivity index is 1.36. The van der Waals surface area contributed by atoms with Crippen LogP contribution in [0.1, 0.15) is 17.8 Å². The molecule has 1 heterocycles. The van der Waals surface area contributed by atoms with Crippen LogP contribution in [0.25, 0.3) is 0 Å². The van der Waals surface area contributed by atoms with Crippen LogP contribution < -0.4 is 10.1 Å². The minimum Gasteiger partial charge on any atom is -0.492 e. The summed E-state index contributed by atoms with van der Waals surface area (Å²) >= 11 is 13.4. The largest absolute Gasteiger partial charge is 0.492 e. The van der Waals surface area contributed by atoms with Crippen LogP contribution >= 0.6 is 35.0 Å². The fourth-order valence-corrected chi connectivity index (χ4v) is 4.09. The fraction of sp³-hybridized carbons (Fsp3) is 0.318. The van der Waals surface area contributed by atoms with Gasteiger partial charge in [0.25, 0.3) is 0 Å². The van der Waals surface area contributed by atoms with Gasteiger partial charge in [0.1, 0.15) is 11.6 Å². The fourth-order valence-electron chi connectivity index (χ4n) is 2.87. The lowest BCUT2D eigenvalue weighted by Gasteiger charge is -2.08. The Bertz CT molecular complexity index is 998. The van der Waals surface area contributed by atoms with E-state index in [1.54, 1.807) is 18.2 Å². The van der Waals surface area contributed by atoms with Crippen molar-refractivity contribution in [2.24, 2.45) is 7.05 Å². The topological polar surface area (TPSA) is 69.0 Å². The van der Waals surface area contributed by atoms with E-state index < -0.39 is 0 Å². The molecule has 0 aliphatic carbocycles. The number of ether oxygens (including phenoxy) is 1. The lowest BCUT2D eigenvalue weighted by molar-refractivity contribution is -0.118. The second-order valence-corrected chi connectivity index (χ2v) is 8.64. The molecule has 31 heavy (non-hydrogen) atoms. The maximum absolute atomic E-state index is 12.1. The van der Waals surface area contributed by atoms with E-state index >= 15 is 0 Å². The Labute approximate surface area is 196 Å². The standard InChI is InChI=1S/C22H24Cl2N4O2S/c1-28-20(8-5-13-30-19-10-9-17(23)14-18(19)24)26-27-22(28)31-15-21(29)25-12-11-16-6-3-2-4-7-16/h2-4,6-7,9-10,14H,5,8,11-13,15H2,1H3,(H,25,29). The van der Waals surface area contributed by atoms with Gasteiger partial charge in [-0.05, 0) is 36.6 Å². The third kappa shape index (κ3) is 7.45. The molecular weight excluding hydrogens is 455 g/mol. The molecule has 1 N–H and O–H groups in total. The van der Waals surface area contributed by atoms with E-state index in [1.807, 2.05) is 29.8 Å². The Hall–Kier alpha value is -2.22. The number of thioether (sulfide) groups is 1. The van der Waals surface area contributed by atoms with Crippen LogP contribution in [0.2, 0.25) is 10.0 Å². The number of nitrogens with zero attached hydrogens (tertiary/aromatic N) is 3. The molecule has 1 amide bonds. The second-order valence-electron chi connectivity index (χ2n) is 6.86. The zero-order chi connectivity index (χ0) is 22.1. The van der Waals surface area contributed by atoms with Crippen LogP contribution in [0.15, 0.2) is 53.7 Å². The Morgan fingerprint density at radius 2 is 1.94 bits per heavy atom. The summed E-state index contributed by atoms with van der Waals surface area (Å²) in [5.41, 5.74) is 1.20. The van der Waals surface area contributed by atoms with Crippen molar-refractivity contribution >= 4 is 40.9 Å². The molecule has 0 aliphatic heterocycles. The molecule has 9 heteroatoms. The molecule has 0 unspecified atom stereocenters. The predicted molar refractivity (Wildman–Crippen MR) is 125 cm³/mol. The first-order valence-electron chi connectivity index (χ1n) is 9.92. The Morgan fingerprint density at radius 3 is 2.71 bits per heavy atom. The number of aromatic nitrogens is 3. The second kappa shape index (κ2) is 12.0. The maximum atomic E-state index is 12.1. The normalized spacial score (nSPS) is 10.8. The van der Waals surface area contributed by atoms with Gasteiger partial charge in [-0.25, -0.2) is 0 Å². The van der Waals surface area contributed by atoms with Gasteiger partial charge in [0.05, 0.1) is 17.4 Å². The molecule has 0 atom stereocenters. The Kier molecular flexibility index (Phi) is 9.06. The van der Waals surface area contributed by atoms with Crippen molar-refractivity contribution in [1.82, 2.24) is 20.1 Å². The summed E-state index contributed by atoms with van der Waals surface area (Å²) in [5.74, 6) is 1.74. The number of aryl methyl sites for hydroxylation is 1. The predicted octanol–water partition coefficient (Wildman–Crippen LogP) is 4.58. The molecule has 3 aromatic rings. The van der Waals surface area contributed by atoms with Gasteiger partial charge in [0, 0.05) is 25.0 Å². The van der Waals surface area contributed by atoms with Crippen LogP contribution in [0, 0.1) is 0 Å². The van der Waals surface area contributed by atoms with Crippen molar-refractivity contribution in [3.63, 3.8) is 0 Å². The molecule has 0 bridgehead atoms. The van der Waals surface area contributed by atoms with E-state index in [9.17, 15) is 4.79 Å². The summed E-state index contributed by atoms with van der Waals surface area (Å²) in [6, 6.07) is 15.2. The van der Waals surface area contributed by atoms with Crippen LogP contribution in [-0.4, -0.2) is 39.6 Å². The van der Waals surface area contributed by atoms with Gasteiger partial charge in [-0.3, -0.25) is 4.79 Å². The SMILES string of the molecule is Cn1c(CCCOc2ccc(Cl)cc2Cl)nnc1SCC(=O)NCCc1ccccc1. The smallest absolute Gasteiger partial charge is 0.230 e. The number of carbonyl (C=O) groups excluding carboxylic acids is 1. The van der Waals surface area contributed by atoms with E-state index in [-0.39, 0.29) is 5.91 Å². The summed E-state index contributed by atoms with van der Waals surface area (Å²) in [6.45, 7) is 1.12. The van der Waals surface area contributed by atoms with E-state index in [2.05, 4.69) is 27.6 Å². The van der Waals surface area contributed by atoms with Crippen molar-refractivity contribution in [3.8, 4) is 5.75 Å². The van der Waals surface area contributed by atoms with Crippen molar-refractivity contribution in [1.29, 1.82) is 0 Å². The molecule has 0 aliphatic rings. The minimum atomic E-state index is -0.0151. The van der Waals surface area contributed by atoms with Crippen LogP contribution in [0.5, 0.6) is 5.75 Å². The van der Waals surface area contributed by atoms with Gasteiger partial charge >= 0.3 is 0 Å². The van der Waals surface area contributed by atoms with Gasteiger partial charge in [0.2, 0.25) is 5.91 Å². The van der Waals surface area contributed by atoms with E-state index in [0.29, 0.717) is 41.1 Å². The highest BCUT2D eigenvalue weighted by Crippen LogP contribution is 2.27. The van der Waals surface area contributed by atoms with Gasteiger partial charge in [0.15, 0.2) is 5.16 Å². The number of halogens is 2. The number of hydrogen-bond donors (Lipinski definition) is 1. The van der Waals surface area contributed by atoms with Crippen molar-refractivity contribution in [2.75, 3.05) is 18.9 Å². The van der Waals surface area contributed by atoms with Crippen LogP contribution in [-0.2, 0) is 24.7 Å². The molecule has 0 radical (unpaired) electrons. The van der Waals surface area contributed by atoms with Gasteiger partial charge in [-0.1, -0.05) is 65.3 Å². The monoisotopic (exact) mass is 478 g/mol. The average Bonchev–Trinajstić information content (AvgIpc) is 3.11. The molecule has 0 saturated carbocycles. The highest BCUT2D eigenvalue weighted by Gasteiger charge is 2.11. The number of amides is 1. The molecule has 1 aromatic heterocycles. The summed E-state index contributed by atoms with van der Waals surface area (Å²) < 4.78 is 7.62. The van der Waals surface area contributed by atoms with Crippen LogP contribution in [0.3, 0.4) is 0 Å². The third-order valence-electron chi connectivity index (χ3n) is 4.53. The summed E-state index contributed by atoms with van der Waals surface area (Å²) in [5, 5.41) is 13.2. The zero-order valence-electron chi connectivity index (χ0n) is 17.2. The van der Waals surface area contributed by atoms with E-state index in [4.69, 9.17) is 27.9 Å². The summed E-state index contributed by atoms with van der Waals surface area (Å²) in [4.78, 5) is 12.1. The summed E-state index contributed by atoms with van der Waals surface area (Å²) in [7, 11) is 1.90. The number of hydrogen-bond acceptors (Lipinski definition) is 5. The average molecular weight is 479 g/mol. The van der Waals surface area contributed by atoms with Crippen molar-refractivity contribution < 1.29 is 9.53 Å². The first-order chi connectivity index (χ1) is 15.0.